The smallest absolute Gasteiger partial charge is 0.328 e. The zero-order valence-electron chi connectivity index (χ0n) is 7.81. The molecule has 0 amide bonds. The maximum Gasteiger partial charge on any atom is 0.328 e. The topological polar surface area (TPSA) is 37.3 Å². The molecule has 2 rings (SSSR count). The Bertz CT molecular complexity index is 361. The van der Waals surface area contributed by atoms with Gasteiger partial charge in [-0.3, -0.25) is 0 Å². The Balaban J connectivity index is 2.32. The Kier molecular flexibility index (Phi) is 2.35. The molecule has 2 nitrogen and oxygen atoms in total. The normalized spacial score (nSPS) is 16.7. The number of hydrogen-bond donors (Lipinski definition) is 1. The van der Waals surface area contributed by atoms with Crippen LogP contribution in [0.5, 0.6) is 0 Å². The highest BCUT2D eigenvalue weighted by Crippen LogP contribution is 2.41. The molecule has 1 fully saturated rings. The molecule has 1 aliphatic rings. The van der Waals surface area contributed by atoms with Gasteiger partial charge in [0.15, 0.2) is 0 Å². The molecule has 0 radical (unpaired) electrons. The van der Waals surface area contributed by atoms with Crippen molar-refractivity contribution in [3.8, 4) is 0 Å². The van der Waals surface area contributed by atoms with E-state index >= 15 is 0 Å². The number of hydrogen-bond acceptors (Lipinski definition) is 1. The molecule has 72 valence electrons. The van der Waals surface area contributed by atoms with Crippen LogP contribution in [0.3, 0.4) is 0 Å². The monoisotopic (exact) mass is 188 g/mol. The summed E-state index contributed by atoms with van der Waals surface area (Å²) in [6, 6.07) is 9.75. The van der Waals surface area contributed by atoms with Crippen LogP contribution in [0, 0.1) is 5.92 Å². The van der Waals surface area contributed by atoms with E-state index in [2.05, 4.69) is 0 Å². The van der Waals surface area contributed by atoms with Gasteiger partial charge in [-0.05, 0) is 29.9 Å². The number of carboxylic acid groups (broad SMARTS) is 1. The largest absolute Gasteiger partial charge is 0.478 e. The van der Waals surface area contributed by atoms with E-state index in [1.807, 2.05) is 30.3 Å². The van der Waals surface area contributed by atoms with Crippen molar-refractivity contribution in [3.63, 3.8) is 0 Å². The fraction of sp³-hybridized carbons (Fsp3) is 0.250. The maximum atomic E-state index is 10.6. The minimum absolute atomic E-state index is 0.466. The number of carboxylic acids is 1. The number of rotatable bonds is 3. The predicted molar refractivity (Wildman–Crippen MR) is 54.8 cm³/mol. The second-order valence-corrected chi connectivity index (χ2v) is 3.58. The van der Waals surface area contributed by atoms with Crippen molar-refractivity contribution in [2.24, 2.45) is 5.92 Å². The molecule has 0 spiro atoms. The SMILES string of the molecule is O=C(O)C=C(c1ccccc1)C1CC1. The Morgan fingerprint density at radius 2 is 1.93 bits per heavy atom. The maximum absolute atomic E-state index is 10.6. The summed E-state index contributed by atoms with van der Waals surface area (Å²) >= 11 is 0. The molecule has 0 atom stereocenters. The van der Waals surface area contributed by atoms with E-state index in [-0.39, 0.29) is 0 Å². The quantitative estimate of drug-likeness (QED) is 0.740. The predicted octanol–water partition coefficient (Wildman–Crippen LogP) is 2.56. The third-order valence-electron chi connectivity index (χ3n) is 2.40. The Morgan fingerprint density at radius 3 is 2.43 bits per heavy atom. The number of carbonyl (C=O) groups is 1. The second kappa shape index (κ2) is 3.66. The van der Waals surface area contributed by atoms with Gasteiger partial charge in [0, 0.05) is 6.08 Å². The van der Waals surface area contributed by atoms with Crippen LogP contribution in [0.15, 0.2) is 36.4 Å². The first-order valence-electron chi connectivity index (χ1n) is 4.77. The van der Waals surface area contributed by atoms with Crippen LogP contribution in [-0.2, 0) is 4.79 Å². The van der Waals surface area contributed by atoms with Crippen LogP contribution in [0.1, 0.15) is 18.4 Å². The van der Waals surface area contributed by atoms with Crippen LogP contribution < -0.4 is 0 Å². The molecule has 1 N–H and O–H groups in total. The molecule has 0 aliphatic heterocycles. The summed E-state index contributed by atoms with van der Waals surface area (Å²) in [4.78, 5) is 10.6. The van der Waals surface area contributed by atoms with Crippen molar-refractivity contribution in [2.75, 3.05) is 0 Å². The molecule has 0 heterocycles. The summed E-state index contributed by atoms with van der Waals surface area (Å²) in [6.45, 7) is 0. The molecule has 1 aromatic carbocycles. The first kappa shape index (κ1) is 9.00. The third kappa shape index (κ3) is 2.02. The molecule has 1 aromatic rings. The van der Waals surface area contributed by atoms with Gasteiger partial charge < -0.3 is 5.11 Å². The highest BCUT2D eigenvalue weighted by atomic mass is 16.4. The Hall–Kier alpha value is -1.57. The summed E-state index contributed by atoms with van der Waals surface area (Å²) in [6.07, 6.45) is 3.58. The fourth-order valence-electron chi connectivity index (χ4n) is 1.59. The van der Waals surface area contributed by atoms with Gasteiger partial charge in [-0.15, -0.1) is 0 Å². The number of benzene rings is 1. The van der Waals surface area contributed by atoms with Crippen LogP contribution in [-0.4, -0.2) is 11.1 Å². The van der Waals surface area contributed by atoms with E-state index in [9.17, 15) is 4.79 Å². The lowest BCUT2D eigenvalue weighted by Crippen LogP contribution is -1.94. The van der Waals surface area contributed by atoms with Crippen LogP contribution in [0.25, 0.3) is 5.57 Å². The lowest BCUT2D eigenvalue weighted by molar-refractivity contribution is -0.131. The van der Waals surface area contributed by atoms with Gasteiger partial charge in [0.1, 0.15) is 0 Å². The first-order valence-corrected chi connectivity index (χ1v) is 4.77. The zero-order valence-corrected chi connectivity index (χ0v) is 7.81. The minimum atomic E-state index is -0.851. The van der Waals surface area contributed by atoms with E-state index in [0.29, 0.717) is 5.92 Å². The van der Waals surface area contributed by atoms with Gasteiger partial charge in [0.05, 0.1) is 0 Å². The second-order valence-electron chi connectivity index (χ2n) is 3.58. The van der Waals surface area contributed by atoms with Crippen molar-refractivity contribution >= 4 is 11.5 Å². The highest BCUT2D eigenvalue weighted by molar-refractivity contribution is 5.91. The summed E-state index contributed by atoms with van der Waals surface area (Å²) in [7, 11) is 0. The molecule has 0 aromatic heterocycles. The Labute approximate surface area is 82.9 Å². The lowest BCUT2D eigenvalue weighted by Gasteiger charge is -2.04. The molecule has 1 aliphatic carbocycles. The van der Waals surface area contributed by atoms with E-state index in [4.69, 9.17) is 5.11 Å². The number of aliphatic carboxylic acids is 1. The molecular weight excluding hydrogens is 176 g/mol. The summed E-state index contributed by atoms with van der Waals surface area (Å²) in [5.74, 6) is -0.385. The third-order valence-corrected chi connectivity index (χ3v) is 2.40. The average molecular weight is 188 g/mol. The van der Waals surface area contributed by atoms with Gasteiger partial charge in [-0.25, -0.2) is 4.79 Å². The van der Waals surface area contributed by atoms with E-state index in [1.54, 1.807) is 0 Å². The molecule has 2 heteroatoms. The van der Waals surface area contributed by atoms with Gasteiger partial charge in [0.25, 0.3) is 0 Å². The van der Waals surface area contributed by atoms with Crippen molar-refractivity contribution < 1.29 is 9.90 Å². The van der Waals surface area contributed by atoms with Crippen molar-refractivity contribution in [1.82, 2.24) is 0 Å². The van der Waals surface area contributed by atoms with Crippen molar-refractivity contribution in [1.29, 1.82) is 0 Å². The summed E-state index contributed by atoms with van der Waals surface area (Å²) in [5, 5.41) is 8.75. The standard InChI is InChI=1S/C12H12O2/c13-12(14)8-11(10-6-7-10)9-4-2-1-3-5-9/h1-5,8,10H,6-7H2,(H,13,14). The summed E-state index contributed by atoms with van der Waals surface area (Å²) in [5.41, 5.74) is 2.01. The van der Waals surface area contributed by atoms with Gasteiger partial charge >= 0.3 is 5.97 Å². The first-order chi connectivity index (χ1) is 6.77. The summed E-state index contributed by atoms with van der Waals surface area (Å²) < 4.78 is 0. The fourth-order valence-corrected chi connectivity index (χ4v) is 1.59. The zero-order chi connectivity index (χ0) is 9.97. The van der Waals surface area contributed by atoms with E-state index in [0.717, 1.165) is 24.0 Å². The van der Waals surface area contributed by atoms with Gasteiger partial charge in [0.2, 0.25) is 0 Å². The van der Waals surface area contributed by atoms with Crippen LogP contribution in [0.2, 0.25) is 0 Å². The average Bonchev–Trinajstić information content (AvgIpc) is 2.99. The molecule has 0 bridgehead atoms. The van der Waals surface area contributed by atoms with E-state index in [1.165, 1.54) is 6.08 Å². The minimum Gasteiger partial charge on any atom is -0.478 e. The molecule has 0 unspecified atom stereocenters. The van der Waals surface area contributed by atoms with Crippen LogP contribution >= 0.6 is 0 Å². The van der Waals surface area contributed by atoms with Gasteiger partial charge in [-0.1, -0.05) is 30.3 Å². The number of allylic oxidation sites excluding steroid dienone is 1. The van der Waals surface area contributed by atoms with Crippen LogP contribution in [0.4, 0.5) is 0 Å². The highest BCUT2D eigenvalue weighted by Gasteiger charge is 2.27. The Morgan fingerprint density at radius 1 is 1.29 bits per heavy atom. The molecular formula is C12H12O2. The van der Waals surface area contributed by atoms with Gasteiger partial charge in [-0.2, -0.15) is 0 Å². The van der Waals surface area contributed by atoms with Crippen molar-refractivity contribution in [3.05, 3.63) is 42.0 Å². The molecule has 14 heavy (non-hydrogen) atoms. The lowest BCUT2D eigenvalue weighted by atomic mass is 10.0. The van der Waals surface area contributed by atoms with E-state index < -0.39 is 5.97 Å². The molecule has 0 saturated heterocycles. The van der Waals surface area contributed by atoms with Crippen molar-refractivity contribution in [2.45, 2.75) is 12.8 Å². The molecule has 1 saturated carbocycles.